The smallest absolute Gasteiger partial charge is 0.353 e. The van der Waals surface area contributed by atoms with Crippen molar-refractivity contribution in [3.63, 3.8) is 0 Å². The van der Waals surface area contributed by atoms with Gasteiger partial charge in [-0.3, -0.25) is 24.1 Å². The number of halogens is 1. The minimum atomic E-state index is -1.42. The van der Waals surface area contributed by atoms with Crippen molar-refractivity contribution >= 4 is 69.3 Å². The molecule has 2 saturated heterocycles. The van der Waals surface area contributed by atoms with Crippen LogP contribution >= 0.6 is 23.1 Å². The molecule has 0 spiro atoms. The number of carbonyl (C=O) groups excluding carboxylic acids is 3. The molecule has 7 rings (SSSR count). The number of carbonyl (C=O) groups is 5. The van der Waals surface area contributed by atoms with Gasteiger partial charge in [0.25, 0.3) is 11.8 Å². The van der Waals surface area contributed by atoms with E-state index in [1.54, 1.807) is 15.5 Å². The Morgan fingerprint density at radius 3 is 2.40 bits per heavy atom. The molecule has 13 nitrogen and oxygen atoms in total. The SMILES string of the molecule is O=C(Cc1cccs1)N[C@@H]1C(=O)N2C(C(=O)O)=C(C(=O)N3CCN(c4cc5c(cc4F)c(=O)c(C(=O)O)cn5C4CC4)CC3)CS[C@H]12. The number of benzene rings is 1. The molecule has 1 aliphatic carbocycles. The van der Waals surface area contributed by atoms with E-state index in [2.05, 4.69) is 5.32 Å². The summed E-state index contributed by atoms with van der Waals surface area (Å²) in [6.07, 6.45) is 3.04. The number of pyridine rings is 1. The van der Waals surface area contributed by atoms with Gasteiger partial charge >= 0.3 is 11.9 Å². The molecular formula is C31H28FN5O8S2. The Labute approximate surface area is 274 Å². The first-order valence-corrected chi connectivity index (χ1v) is 16.8. The topological polar surface area (TPSA) is 170 Å². The van der Waals surface area contributed by atoms with Crippen LogP contribution in [-0.2, 0) is 25.6 Å². The van der Waals surface area contributed by atoms with Gasteiger partial charge < -0.3 is 29.9 Å². The van der Waals surface area contributed by atoms with Crippen molar-refractivity contribution in [1.29, 1.82) is 0 Å². The Hall–Kier alpha value is -4.70. The maximum atomic E-state index is 15.4. The Morgan fingerprint density at radius 2 is 1.77 bits per heavy atom. The lowest BCUT2D eigenvalue weighted by Gasteiger charge is -2.49. The summed E-state index contributed by atoms with van der Waals surface area (Å²) in [6.45, 7) is 0.704. The first-order chi connectivity index (χ1) is 22.5. The molecular weight excluding hydrogens is 654 g/mol. The van der Waals surface area contributed by atoms with Gasteiger partial charge in [-0.1, -0.05) is 6.07 Å². The second-order valence-electron chi connectivity index (χ2n) is 11.8. The van der Waals surface area contributed by atoms with E-state index < -0.39 is 57.7 Å². The summed E-state index contributed by atoms with van der Waals surface area (Å²) in [5.41, 5.74) is -0.949. The minimum absolute atomic E-state index is 0.0158. The Morgan fingerprint density at radius 1 is 1.02 bits per heavy atom. The van der Waals surface area contributed by atoms with Gasteiger partial charge in [-0.2, -0.15) is 0 Å². The molecule has 47 heavy (non-hydrogen) atoms. The third kappa shape index (κ3) is 5.44. The Bertz CT molecular complexity index is 1950. The van der Waals surface area contributed by atoms with E-state index >= 15 is 4.39 Å². The number of rotatable bonds is 8. The number of carboxylic acids is 2. The van der Waals surface area contributed by atoms with Crippen LogP contribution in [-0.4, -0.2) is 97.6 Å². The molecule has 0 radical (unpaired) electrons. The molecule has 3 N–H and O–H groups in total. The van der Waals surface area contributed by atoms with Crippen LogP contribution in [0.1, 0.15) is 34.1 Å². The lowest BCUT2D eigenvalue weighted by Crippen LogP contribution is -2.71. The van der Waals surface area contributed by atoms with Gasteiger partial charge in [-0.05, 0) is 36.4 Å². The maximum absolute atomic E-state index is 15.4. The molecule has 16 heteroatoms. The number of thioether (sulfide) groups is 1. The molecule has 3 amide bonds. The highest BCUT2D eigenvalue weighted by Gasteiger charge is 2.55. The standard InChI is InChI=1S/C31H28FN5O8S2/c32-20-11-17-21(36(15-3-4-15)13-18(26(17)39)30(42)43)12-22(20)34-5-7-35(8-6-34)27(40)19-14-47-29-24(28(41)37(29)25(19)31(44)45)33-23(38)10-16-2-1-9-46-16/h1-2,9,11-13,15,24,29H,3-8,10,14H2,(H,33,38)(H,42,43)(H,44,45)/t24-,29-/m1/s1. The molecule has 3 aliphatic heterocycles. The van der Waals surface area contributed by atoms with Gasteiger partial charge in [0.1, 0.15) is 28.5 Å². The molecule has 4 aliphatic rings. The van der Waals surface area contributed by atoms with Crippen molar-refractivity contribution in [1.82, 2.24) is 19.7 Å². The average Bonchev–Trinajstić information content (AvgIpc) is 3.77. The van der Waals surface area contributed by atoms with Gasteiger partial charge in [0.05, 0.1) is 23.2 Å². The van der Waals surface area contributed by atoms with Crippen LogP contribution < -0.4 is 15.6 Å². The quantitative estimate of drug-likeness (QED) is 0.299. The van der Waals surface area contributed by atoms with Crippen LogP contribution in [0.2, 0.25) is 0 Å². The zero-order valence-electron chi connectivity index (χ0n) is 24.7. The maximum Gasteiger partial charge on any atom is 0.353 e. The number of hydrogen-bond donors (Lipinski definition) is 3. The molecule has 1 aromatic carbocycles. The van der Waals surface area contributed by atoms with Crippen LogP contribution in [0.3, 0.4) is 0 Å². The van der Waals surface area contributed by atoms with Crippen LogP contribution in [0.4, 0.5) is 10.1 Å². The first kappa shape index (κ1) is 30.9. The average molecular weight is 682 g/mol. The van der Waals surface area contributed by atoms with Crippen molar-refractivity contribution in [2.24, 2.45) is 0 Å². The number of β-lactam (4-membered cyclic amide) rings is 1. The molecule has 5 heterocycles. The van der Waals surface area contributed by atoms with Crippen LogP contribution in [0.25, 0.3) is 10.9 Å². The van der Waals surface area contributed by atoms with E-state index in [0.29, 0.717) is 5.52 Å². The summed E-state index contributed by atoms with van der Waals surface area (Å²) in [6, 6.07) is 5.36. The summed E-state index contributed by atoms with van der Waals surface area (Å²) >= 11 is 2.62. The molecule has 2 aromatic heterocycles. The number of aromatic carboxylic acids is 1. The summed E-state index contributed by atoms with van der Waals surface area (Å²) < 4.78 is 17.1. The highest BCUT2D eigenvalue weighted by atomic mass is 32.2. The largest absolute Gasteiger partial charge is 0.477 e. The third-order valence-corrected chi connectivity index (χ3v) is 11.0. The number of carboxylic acid groups (broad SMARTS) is 2. The fourth-order valence-electron chi connectivity index (χ4n) is 6.33. The molecule has 244 valence electrons. The number of amides is 3. The summed E-state index contributed by atoms with van der Waals surface area (Å²) in [4.78, 5) is 81.1. The lowest BCUT2D eigenvalue weighted by atomic mass is 10.0. The van der Waals surface area contributed by atoms with E-state index in [1.165, 1.54) is 34.2 Å². The number of nitrogens with one attached hydrogen (secondary N) is 1. The predicted octanol–water partition coefficient (Wildman–Crippen LogP) is 1.87. The molecule has 3 fully saturated rings. The van der Waals surface area contributed by atoms with Gasteiger partial charge in [-0.15, -0.1) is 23.1 Å². The van der Waals surface area contributed by atoms with Crippen molar-refractivity contribution in [3.05, 3.63) is 73.6 Å². The van der Waals surface area contributed by atoms with Crippen LogP contribution in [0.15, 0.2) is 51.9 Å². The second kappa shape index (κ2) is 11.8. The number of fused-ring (bicyclic) bond motifs is 2. The molecule has 0 bridgehead atoms. The van der Waals surface area contributed by atoms with Gasteiger partial charge in [0, 0.05) is 54.4 Å². The normalized spacial score (nSPS) is 21.0. The molecule has 3 aromatic rings. The number of nitrogens with zero attached hydrogens (tertiary/aromatic N) is 4. The van der Waals surface area contributed by atoms with E-state index in [-0.39, 0.29) is 66.9 Å². The first-order valence-electron chi connectivity index (χ1n) is 14.9. The van der Waals surface area contributed by atoms with Crippen molar-refractivity contribution in [2.75, 3.05) is 36.8 Å². The van der Waals surface area contributed by atoms with Crippen LogP contribution in [0, 0.1) is 5.82 Å². The lowest BCUT2D eigenvalue weighted by molar-refractivity contribution is -0.151. The molecule has 1 saturated carbocycles. The monoisotopic (exact) mass is 681 g/mol. The fourth-order valence-corrected chi connectivity index (χ4v) is 8.36. The predicted molar refractivity (Wildman–Crippen MR) is 170 cm³/mol. The Kier molecular flexibility index (Phi) is 7.78. The van der Waals surface area contributed by atoms with Gasteiger partial charge in [-0.25, -0.2) is 14.0 Å². The summed E-state index contributed by atoms with van der Waals surface area (Å²) in [5, 5.41) is 23.4. The Balaban J connectivity index is 1.07. The van der Waals surface area contributed by atoms with E-state index in [9.17, 15) is 39.0 Å². The third-order valence-electron chi connectivity index (χ3n) is 8.84. The number of anilines is 1. The van der Waals surface area contributed by atoms with E-state index in [1.807, 2.05) is 17.5 Å². The molecule has 0 unspecified atom stereocenters. The highest BCUT2D eigenvalue weighted by molar-refractivity contribution is 8.00. The number of thiophene rings is 1. The van der Waals surface area contributed by atoms with E-state index in [0.717, 1.165) is 28.7 Å². The number of piperazine rings is 1. The van der Waals surface area contributed by atoms with Crippen molar-refractivity contribution in [3.8, 4) is 0 Å². The fraction of sp³-hybridized carbons (Fsp3) is 0.355. The van der Waals surface area contributed by atoms with Gasteiger partial charge in [0.2, 0.25) is 11.3 Å². The zero-order chi connectivity index (χ0) is 33.1. The summed E-state index contributed by atoms with van der Waals surface area (Å²) in [7, 11) is 0. The number of aromatic nitrogens is 1. The van der Waals surface area contributed by atoms with Crippen molar-refractivity contribution < 1.29 is 38.6 Å². The highest BCUT2D eigenvalue weighted by Crippen LogP contribution is 2.41. The number of hydrogen-bond acceptors (Lipinski definition) is 9. The second-order valence-corrected chi connectivity index (χ2v) is 13.9. The van der Waals surface area contributed by atoms with E-state index in [4.69, 9.17) is 0 Å². The number of aliphatic carboxylic acids is 1. The summed E-state index contributed by atoms with van der Waals surface area (Å²) in [5.74, 6) is -4.94. The van der Waals surface area contributed by atoms with Gasteiger partial charge in [0.15, 0.2) is 0 Å². The molecule has 2 atom stereocenters. The van der Waals surface area contributed by atoms with Crippen LogP contribution in [0.5, 0.6) is 0 Å². The minimum Gasteiger partial charge on any atom is -0.477 e. The van der Waals surface area contributed by atoms with Crippen molar-refractivity contribution in [2.45, 2.75) is 36.7 Å². The zero-order valence-corrected chi connectivity index (χ0v) is 26.3.